The van der Waals surface area contributed by atoms with Gasteiger partial charge in [-0.05, 0) is 42.5 Å². The van der Waals surface area contributed by atoms with Crippen LogP contribution in [0.5, 0.6) is 23.0 Å². The number of rotatable bonds is 3. The van der Waals surface area contributed by atoms with Gasteiger partial charge in [-0.25, -0.2) is 9.69 Å². The Bertz CT molecular complexity index is 1570. The van der Waals surface area contributed by atoms with E-state index in [2.05, 4.69) is 0 Å². The molecule has 3 aliphatic heterocycles. The molecule has 10 heteroatoms. The van der Waals surface area contributed by atoms with Crippen molar-refractivity contribution >= 4 is 35.4 Å². The number of carbonyl (C=O) groups is 5. The number of esters is 3. The molecule has 0 atom stereocenters. The maximum atomic E-state index is 13.2. The summed E-state index contributed by atoms with van der Waals surface area (Å²) in [5.41, 5.74) is 0.148. The van der Waals surface area contributed by atoms with Crippen molar-refractivity contribution < 1.29 is 42.9 Å². The van der Waals surface area contributed by atoms with Crippen LogP contribution in [0.25, 0.3) is 0 Å². The van der Waals surface area contributed by atoms with Crippen LogP contribution >= 0.6 is 0 Å². The summed E-state index contributed by atoms with van der Waals surface area (Å²) in [4.78, 5) is 62.0. The number of carbonyl (C=O) groups excluding carboxylic acids is 5. The second kappa shape index (κ2) is 8.13. The summed E-state index contributed by atoms with van der Waals surface area (Å²) >= 11 is 0. The highest BCUT2D eigenvalue weighted by atomic mass is 16.6. The molecule has 0 bridgehead atoms. The Morgan fingerprint density at radius 2 is 1.29 bits per heavy atom. The summed E-state index contributed by atoms with van der Waals surface area (Å²) in [7, 11) is 0. The minimum absolute atomic E-state index is 0.198. The van der Waals surface area contributed by atoms with Gasteiger partial charge in [0.1, 0.15) is 23.0 Å². The summed E-state index contributed by atoms with van der Waals surface area (Å²) in [6.45, 7) is 2.52. The van der Waals surface area contributed by atoms with E-state index in [0.29, 0.717) is 16.7 Å². The number of amides is 2. The van der Waals surface area contributed by atoms with Gasteiger partial charge in [-0.2, -0.15) is 0 Å². The molecule has 1 spiro atoms. The number of benzene rings is 3. The SMILES string of the molecule is CC(=O)Oc1ccc2c(c1)Oc1cc(OC(C)=O)ccc1C21OC(=O)c2ccc(N3C(=O)C=CC3=O)cc21. The Morgan fingerprint density at radius 1 is 0.737 bits per heavy atom. The first-order valence-corrected chi connectivity index (χ1v) is 11.4. The molecule has 0 radical (unpaired) electrons. The van der Waals surface area contributed by atoms with Crippen molar-refractivity contribution in [2.45, 2.75) is 19.4 Å². The third-order valence-electron chi connectivity index (χ3n) is 6.32. The fourth-order valence-electron chi connectivity index (χ4n) is 4.92. The van der Waals surface area contributed by atoms with Crippen molar-refractivity contribution in [3.05, 3.63) is 89.0 Å². The number of anilines is 1. The summed E-state index contributed by atoms with van der Waals surface area (Å²) in [5.74, 6) is -1.90. The fourth-order valence-corrected chi connectivity index (χ4v) is 4.92. The van der Waals surface area contributed by atoms with Gasteiger partial charge >= 0.3 is 17.9 Å². The van der Waals surface area contributed by atoms with Gasteiger partial charge in [-0.15, -0.1) is 0 Å². The van der Waals surface area contributed by atoms with Gasteiger partial charge < -0.3 is 18.9 Å². The van der Waals surface area contributed by atoms with Crippen LogP contribution in [0.2, 0.25) is 0 Å². The van der Waals surface area contributed by atoms with Gasteiger partial charge in [-0.1, -0.05) is 0 Å². The summed E-state index contributed by atoms with van der Waals surface area (Å²) in [6, 6.07) is 13.8. The monoisotopic (exact) mass is 511 g/mol. The molecule has 6 rings (SSSR count). The van der Waals surface area contributed by atoms with Crippen LogP contribution in [0.4, 0.5) is 5.69 Å². The van der Waals surface area contributed by atoms with Crippen molar-refractivity contribution in [3.63, 3.8) is 0 Å². The maximum absolute atomic E-state index is 13.2. The zero-order valence-corrected chi connectivity index (χ0v) is 20.0. The van der Waals surface area contributed by atoms with E-state index in [4.69, 9.17) is 18.9 Å². The molecule has 3 aliphatic rings. The lowest BCUT2D eigenvalue weighted by Crippen LogP contribution is -2.34. The van der Waals surface area contributed by atoms with Crippen LogP contribution in [-0.2, 0) is 29.5 Å². The fraction of sp³-hybridized carbons (Fsp3) is 0.107. The minimum atomic E-state index is -1.55. The standard InChI is InChI=1S/C28H17NO9/c1-14(30)35-17-4-7-20-23(12-17)37-24-13-18(36-15(2)31)5-8-21(24)28(20)22-11-16(3-6-19(22)27(34)38-28)29-25(32)9-10-26(29)33/h3-13H,1-2H3. The highest BCUT2D eigenvalue weighted by Gasteiger charge is 2.54. The molecule has 0 saturated heterocycles. The number of hydrogen-bond acceptors (Lipinski definition) is 9. The predicted molar refractivity (Wildman–Crippen MR) is 129 cm³/mol. The largest absolute Gasteiger partial charge is 0.456 e. The molecule has 0 aliphatic carbocycles. The lowest BCUT2D eigenvalue weighted by atomic mass is 9.77. The van der Waals surface area contributed by atoms with Crippen molar-refractivity contribution in [2.75, 3.05) is 4.90 Å². The first-order chi connectivity index (χ1) is 18.2. The van der Waals surface area contributed by atoms with Crippen LogP contribution < -0.4 is 19.1 Å². The quantitative estimate of drug-likeness (QED) is 0.295. The van der Waals surface area contributed by atoms with Gasteiger partial charge in [0.25, 0.3) is 11.8 Å². The van der Waals surface area contributed by atoms with Gasteiger partial charge in [0.15, 0.2) is 5.60 Å². The molecule has 188 valence electrons. The van der Waals surface area contributed by atoms with E-state index in [1.807, 2.05) is 0 Å². The smallest absolute Gasteiger partial charge is 0.340 e. The Balaban J connectivity index is 1.60. The molecule has 3 heterocycles. The normalized spacial score (nSPS) is 15.9. The van der Waals surface area contributed by atoms with E-state index in [9.17, 15) is 24.0 Å². The first kappa shape index (κ1) is 23.2. The lowest BCUT2D eigenvalue weighted by Gasteiger charge is -2.37. The Morgan fingerprint density at radius 3 is 1.82 bits per heavy atom. The number of ether oxygens (including phenoxy) is 4. The van der Waals surface area contributed by atoms with E-state index in [1.54, 1.807) is 18.2 Å². The van der Waals surface area contributed by atoms with E-state index in [1.165, 1.54) is 62.4 Å². The second-order valence-corrected chi connectivity index (χ2v) is 8.75. The topological polar surface area (TPSA) is 126 Å². The molecular formula is C28H17NO9. The number of fused-ring (bicyclic) bond motifs is 6. The van der Waals surface area contributed by atoms with Crippen LogP contribution in [0.3, 0.4) is 0 Å². The van der Waals surface area contributed by atoms with Gasteiger partial charge in [0.05, 0.1) is 11.3 Å². The maximum Gasteiger partial charge on any atom is 0.340 e. The molecule has 2 amide bonds. The van der Waals surface area contributed by atoms with Crippen LogP contribution in [-0.4, -0.2) is 29.7 Å². The third-order valence-corrected chi connectivity index (χ3v) is 6.32. The average Bonchev–Trinajstić information content (AvgIpc) is 3.34. The Hall–Kier alpha value is -5.25. The van der Waals surface area contributed by atoms with Crippen LogP contribution in [0.1, 0.15) is 40.9 Å². The summed E-state index contributed by atoms with van der Waals surface area (Å²) in [5, 5.41) is 0. The highest BCUT2D eigenvalue weighted by Crippen LogP contribution is 2.57. The second-order valence-electron chi connectivity index (χ2n) is 8.75. The number of imide groups is 1. The summed E-state index contributed by atoms with van der Waals surface area (Å²) < 4.78 is 22.6. The summed E-state index contributed by atoms with van der Waals surface area (Å²) in [6.07, 6.45) is 2.33. The van der Waals surface area contributed by atoms with Crippen molar-refractivity contribution in [1.82, 2.24) is 0 Å². The van der Waals surface area contributed by atoms with Gasteiger partial charge in [0.2, 0.25) is 0 Å². The molecule has 3 aromatic rings. The van der Waals surface area contributed by atoms with Crippen LogP contribution in [0, 0.1) is 0 Å². The molecule has 0 fully saturated rings. The highest BCUT2D eigenvalue weighted by molar-refractivity contribution is 6.28. The first-order valence-electron chi connectivity index (χ1n) is 11.4. The predicted octanol–water partition coefficient (Wildman–Crippen LogP) is 3.53. The van der Waals surface area contributed by atoms with Crippen molar-refractivity contribution in [3.8, 4) is 23.0 Å². The molecule has 3 aromatic carbocycles. The molecule has 38 heavy (non-hydrogen) atoms. The zero-order chi connectivity index (χ0) is 26.8. The molecular weight excluding hydrogens is 494 g/mol. The van der Waals surface area contributed by atoms with Crippen molar-refractivity contribution in [2.24, 2.45) is 0 Å². The average molecular weight is 511 g/mol. The molecule has 0 saturated carbocycles. The third kappa shape index (κ3) is 3.38. The minimum Gasteiger partial charge on any atom is -0.456 e. The molecule has 10 nitrogen and oxygen atoms in total. The molecule has 0 aromatic heterocycles. The van der Waals surface area contributed by atoms with Gasteiger partial charge in [0, 0.05) is 54.8 Å². The van der Waals surface area contributed by atoms with E-state index < -0.39 is 35.3 Å². The molecule has 0 unspecified atom stereocenters. The zero-order valence-electron chi connectivity index (χ0n) is 20.0. The Kier molecular flexibility index (Phi) is 4.96. The molecule has 0 N–H and O–H groups in total. The van der Waals surface area contributed by atoms with E-state index in [0.717, 1.165) is 4.90 Å². The number of nitrogens with zero attached hydrogens (tertiary/aromatic N) is 1. The van der Waals surface area contributed by atoms with Crippen LogP contribution in [0.15, 0.2) is 66.7 Å². The number of hydrogen-bond donors (Lipinski definition) is 0. The van der Waals surface area contributed by atoms with Crippen molar-refractivity contribution in [1.29, 1.82) is 0 Å². The van der Waals surface area contributed by atoms with Gasteiger partial charge in [-0.3, -0.25) is 19.2 Å². The Labute approximate surface area is 215 Å². The van der Waals surface area contributed by atoms with E-state index in [-0.39, 0.29) is 34.2 Å². The lowest BCUT2D eigenvalue weighted by molar-refractivity contribution is -0.132. The van der Waals surface area contributed by atoms with E-state index >= 15 is 0 Å².